The Morgan fingerprint density at radius 3 is 2.19 bits per heavy atom. The molecule has 0 heterocycles. The molecule has 2 rings (SSSR count). The predicted molar refractivity (Wildman–Crippen MR) is 52.6 cm³/mol. The molecule has 0 aromatic heterocycles. The summed E-state index contributed by atoms with van der Waals surface area (Å²) in [6, 6.07) is 7.60. The van der Waals surface area contributed by atoms with Gasteiger partial charge in [0.1, 0.15) is 5.82 Å². The van der Waals surface area contributed by atoms with Gasteiger partial charge in [-0.25, -0.2) is 4.39 Å². The third-order valence-corrected chi connectivity index (χ3v) is 2.21. The van der Waals surface area contributed by atoms with Crippen LogP contribution >= 0.6 is 0 Å². The van der Waals surface area contributed by atoms with E-state index in [9.17, 15) is 17.3 Å². The monoisotopic (exact) mass is 252 g/mol. The van der Waals surface area contributed by atoms with Gasteiger partial charge in [0.05, 0.1) is 0 Å². The molecule has 0 bridgehead atoms. The zero-order valence-electron chi connectivity index (χ0n) is 8.55. The number of hydrogen-bond donors (Lipinski definition) is 0. The largest absolute Gasteiger partial charge is 1.00 e. The summed E-state index contributed by atoms with van der Waals surface area (Å²) in [6.07, 6.45) is 0. The molecule has 0 fully saturated rings. The van der Waals surface area contributed by atoms with Crippen LogP contribution in [-0.2, 0) is 0 Å². The molecule has 0 aliphatic carbocycles. The van der Waals surface area contributed by atoms with E-state index in [1.165, 1.54) is 12.1 Å². The minimum atomic E-state index is -5.14. The molecule has 78 valence electrons. The minimum Gasteiger partial charge on any atom is -0.445 e. The van der Waals surface area contributed by atoms with Gasteiger partial charge in [-0.3, -0.25) is 0 Å². The van der Waals surface area contributed by atoms with Crippen LogP contribution in [0, 0.1) is 5.82 Å². The van der Waals surface area contributed by atoms with E-state index in [2.05, 4.69) is 0 Å². The van der Waals surface area contributed by atoms with E-state index in [-0.39, 0.29) is 62.2 Å². The molecule has 0 amide bonds. The van der Waals surface area contributed by atoms with Crippen molar-refractivity contribution in [3.8, 4) is 0 Å². The molecule has 0 spiro atoms. The first-order valence-corrected chi connectivity index (χ1v) is 4.36. The van der Waals surface area contributed by atoms with Crippen LogP contribution in [0.2, 0.25) is 0 Å². The predicted octanol–water partition coefficient (Wildman–Crippen LogP) is 0.0373. The van der Waals surface area contributed by atoms with E-state index in [1.54, 1.807) is 12.1 Å². The summed E-state index contributed by atoms with van der Waals surface area (Å²) in [5.74, 6) is -0.831. The molecule has 2 aromatic rings. The van der Waals surface area contributed by atoms with Crippen LogP contribution in [0.15, 0.2) is 36.4 Å². The Morgan fingerprint density at radius 1 is 0.938 bits per heavy atom. The van der Waals surface area contributed by atoms with E-state index < -0.39 is 18.3 Å². The summed E-state index contributed by atoms with van der Waals surface area (Å²) in [6.45, 7) is -5.14. The Bertz CT molecular complexity index is 510. The molecule has 0 aliphatic rings. The van der Waals surface area contributed by atoms with Crippen LogP contribution in [0.4, 0.5) is 17.3 Å². The van der Waals surface area contributed by atoms with Crippen molar-refractivity contribution >= 4 is 23.2 Å². The molecule has 6 heteroatoms. The van der Waals surface area contributed by atoms with Crippen LogP contribution in [-0.4, -0.2) is 6.98 Å². The molecular formula is C10H6BF4K. The van der Waals surface area contributed by atoms with Gasteiger partial charge in [-0.2, -0.15) is 0 Å². The van der Waals surface area contributed by atoms with E-state index in [0.29, 0.717) is 6.07 Å². The van der Waals surface area contributed by atoms with E-state index in [1.807, 2.05) is 0 Å². The Balaban J connectivity index is 0.00000128. The number of benzene rings is 2. The number of rotatable bonds is 1. The van der Waals surface area contributed by atoms with Crippen molar-refractivity contribution in [3.05, 3.63) is 42.2 Å². The average Bonchev–Trinajstić information content (AvgIpc) is 2.16. The number of fused-ring (bicyclic) bond motifs is 1. The van der Waals surface area contributed by atoms with Crippen molar-refractivity contribution in [1.82, 2.24) is 0 Å². The normalized spacial score (nSPS) is 11.2. The van der Waals surface area contributed by atoms with Gasteiger partial charge >= 0.3 is 58.4 Å². The molecule has 0 N–H and O–H groups in total. The van der Waals surface area contributed by atoms with Crippen molar-refractivity contribution in [2.75, 3.05) is 0 Å². The summed E-state index contributed by atoms with van der Waals surface area (Å²) in [5.41, 5.74) is -0.897. The Kier molecular flexibility index (Phi) is 4.59. The van der Waals surface area contributed by atoms with Crippen LogP contribution in [0.25, 0.3) is 10.8 Å². The maximum Gasteiger partial charge on any atom is 1.00 e. The molecule has 0 aliphatic heterocycles. The van der Waals surface area contributed by atoms with E-state index in [4.69, 9.17) is 0 Å². The molecule has 16 heavy (non-hydrogen) atoms. The van der Waals surface area contributed by atoms with Crippen molar-refractivity contribution in [2.45, 2.75) is 0 Å². The van der Waals surface area contributed by atoms with Gasteiger partial charge in [0.25, 0.3) is 0 Å². The zero-order valence-corrected chi connectivity index (χ0v) is 11.7. The second-order valence-corrected chi connectivity index (χ2v) is 3.30. The summed E-state index contributed by atoms with van der Waals surface area (Å²) in [7, 11) is 0. The van der Waals surface area contributed by atoms with Crippen molar-refractivity contribution < 1.29 is 68.7 Å². The summed E-state index contributed by atoms with van der Waals surface area (Å²) < 4.78 is 50.5. The maximum atomic E-state index is 13.3. The van der Waals surface area contributed by atoms with Gasteiger partial charge in [-0.15, -0.1) is 5.46 Å². The second kappa shape index (κ2) is 5.18. The minimum absolute atomic E-state index is 0. The second-order valence-electron chi connectivity index (χ2n) is 3.30. The Hall–Kier alpha value is 0.121. The Labute approximate surface area is 133 Å². The van der Waals surface area contributed by atoms with Crippen molar-refractivity contribution in [1.29, 1.82) is 0 Å². The molecule has 0 saturated carbocycles. The SMILES string of the molecule is Fc1cc([B-](F)(F)F)cc2ccccc12.[K+]. The van der Waals surface area contributed by atoms with Crippen LogP contribution in [0.5, 0.6) is 0 Å². The summed E-state index contributed by atoms with van der Waals surface area (Å²) >= 11 is 0. The molecule has 0 saturated heterocycles. The molecule has 0 radical (unpaired) electrons. The first-order chi connectivity index (χ1) is 6.98. The standard InChI is InChI=1S/C10H6BF4.K/c12-10-6-8(11(13,14)15)5-7-3-1-2-4-9(7)10;/h1-6H;/q-1;+1. The molecule has 0 atom stereocenters. The fourth-order valence-corrected chi connectivity index (χ4v) is 1.47. The van der Waals surface area contributed by atoms with Gasteiger partial charge < -0.3 is 12.9 Å². The van der Waals surface area contributed by atoms with Gasteiger partial charge in [-0.1, -0.05) is 36.4 Å². The summed E-state index contributed by atoms with van der Waals surface area (Å²) in [4.78, 5) is 0. The number of hydrogen-bond acceptors (Lipinski definition) is 0. The van der Waals surface area contributed by atoms with Gasteiger partial charge in [0.15, 0.2) is 0 Å². The van der Waals surface area contributed by atoms with Gasteiger partial charge in [-0.05, 0) is 5.39 Å². The Morgan fingerprint density at radius 2 is 1.56 bits per heavy atom. The number of halogens is 4. The van der Waals surface area contributed by atoms with Gasteiger partial charge in [0.2, 0.25) is 0 Å². The molecular weight excluding hydrogens is 246 g/mol. The fraction of sp³-hybridized carbons (Fsp3) is 0. The van der Waals surface area contributed by atoms with Crippen molar-refractivity contribution in [3.63, 3.8) is 0 Å². The average molecular weight is 252 g/mol. The van der Waals surface area contributed by atoms with Crippen molar-refractivity contribution in [2.24, 2.45) is 0 Å². The first-order valence-electron chi connectivity index (χ1n) is 4.36. The molecule has 2 aromatic carbocycles. The topological polar surface area (TPSA) is 0 Å². The van der Waals surface area contributed by atoms with Gasteiger partial charge in [0, 0.05) is 5.39 Å². The molecule has 0 unspecified atom stereocenters. The third kappa shape index (κ3) is 2.87. The zero-order chi connectivity index (χ0) is 11.1. The van der Waals surface area contributed by atoms with Crippen LogP contribution in [0.3, 0.4) is 0 Å². The van der Waals surface area contributed by atoms with Crippen LogP contribution < -0.4 is 56.8 Å². The quantitative estimate of drug-likeness (QED) is 0.496. The first kappa shape index (κ1) is 14.2. The van der Waals surface area contributed by atoms with E-state index >= 15 is 0 Å². The third-order valence-electron chi connectivity index (χ3n) is 2.21. The van der Waals surface area contributed by atoms with Crippen LogP contribution in [0.1, 0.15) is 0 Å². The molecule has 0 nitrogen and oxygen atoms in total. The van der Waals surface area contributed by atoms with E-state index in [0.717, 1.165) is 6.07 Å². The smallest absolute Gasteiger partial charge is 0.445 e. The fourth-order valence-electron chi connectivity index (χ4n) is 1.47. The summed E-state index contributed by atoms with van der Waals surface area (Å²) in [5, 5.41) is 0.480. The maximum absolute atomic E-state index is 13.3.